The van der Waals surface area contributed by atoms with Gasteiger partial charge < -0.3 is 10.2 Å². The van der Waals surface area contributed by atoms with Gasteiger partial charge >= 0.3 is 0 Å². The zero-order chi connectivity index (χ0) is 33.5. The number of benzene rings is 2. The molecule has 0 saturated heterocycles. The molecule has 3 aliphatic rings. The van der Waals surface area contributed by atoms with Crippen LogP contribution in [0.25, 0.3) is 0 Å². The highest BCUT2D eigenvalue weighted by Crippen LogP contribution is 2.64. The van der Waals surface area contributed by atoms with Gasteiger partial charge in [0.05, 0.1) is 11.5 Å². The predicted molar refractivity (Wildman–Crippen MR) is 170 cm³/mol. The Balaban J connectivity index is 1.66. The summed E-state index contributed by atoms with van der Waals surface area (Å²) in [6.45, 7) is 16.3. The van der Waals surface area contributed by atoms with Crippen LogP contribution < -0.4 is 0 Å². The summed E-state index contributed by atoms with van der Waals surface area (Å²) in [4.78, 5) is 69.4. The predicted octanol–water partition coefficient (Wildman–Crippen LogP) is 5.62. The first-order chi connectivity index (χ1) is 20.8. The fourth-order valence-corrected chi connectivity index (χ4v) is 9.23. The van der Waals surface area contributed by atoms with Gasteiger partial charge in [-0.25, -0.2) is 0 Å². The van der Waals surface area contributed by atoms with Crippen molar-refractivity contribution in [3.8, 4) is 5.75 Å². The highest BCUT2D eigenvalue weighted by Gasteiger charge is 2.76. The second-order valence-corrected chi connectivity index (χ2v) is 15.2. The van der Waals surface area contributed by atoms with E-state index in [1.807, 2.05) is 26.8 Å². The average Bonchev–Trinajstić information content (AvgIpc) is 2.91. The lowest BCUT2D eigenvalue weighted by Crippen LogP contribution is -2.76. The van der Waals surface area contributed by atoms with Crippen molar-refractivity contribution >= 4 is 28.9 Å². The third-order valence-corrected chi connectivity index (χ3v) is 11.4. The third kappa shape index (κ3) is 4.59. The number of ketones is 5. The second kappa shape index (κ2) is 10.8. The number of hydrogen-bond donors (Lipinski definition) is 2. The van der Waals surface area contributed by atoms with Crippen LogP contribution in [0.3, 0.4) is 0 Å². The number of aryl methyl sites for hydroxylation is 4. The van der Waals surface area contributed by atoms with Gasteiger partial charge in [0.1, 0.15) is 17.5 Å². The summed E-state index contributed by atoms with van der Waals surface area (Å²) in [5.74, 6) is -8.64. The van der Waals surface area contributed by atoms with Crippen LogP contribution in [-0.4, -0.2) is 44.7 Å². The van der Waals surface area contributed by atoms with Crippen LogP contribution in [-0.2, 0) is 38.4 Å². The summed E-state index contributed by atoms with van der Waals surface area (Å²) in [6, 6.07) is 8.21. The summed E-state index contributed by atoms with van der Waals surface area (Å²) in [6.07, 6.45) is 1.43. The molecule has 7 heteroatoms. The van der Waals surface area contributed by atoms with Crippen LogP contribution in [0, 0.1) is 48.3 Å². The molecule has 2 aromatic rings. The normalized spacial score (nSPS) is 31.2. The van der Waals surface area contributed by atoms with Crippen molar-refractivity contribution < 1.29 is 34.2 Å². The maximum absolute atomic E-state index is 14.6. The summed E-state index contributed by atoms with van der Waals surface area (Å²) < 4.78 is 0. The first kappa shape index (κ1) is 32.9. The molecule has 0 spiro atoms. The molecular weight excluding hydrogens is 568 g/mol. The maximum atomic E-state index is 14.6. The molecule has 2 N–H and O–H groups in total. The van der Waals surface area contributed by atoms with Gasteiger partial charge in [0.2, 0.25) is 0 Å². The Morgan fingerprint density at radius 3 is 2.16 bits per heavy atom. The summed E-state index contributed by atoms with van der Waals surface area (Å²) >= 11 is 0. The van der Waals surface area contributed by atoms with E-state index >= 15 is 0 Å². The van der Waals surface area contributed by atoms with Gasteiger partial charge in [-0.3, -0.25) is 24.0 Å². The van der Waals surface area contributed by atoms with Crippen molar-refractivity contribution in [2.24, 2.45) is 34.5 Å². The van der Waals surface area contributed by atoms with Crippen molar-refractivity contribution in [2.45, 2.75) is 99.5 Å². The number of Topliss-reactive ketones (excluding diaryl/α,β-unsaturated/α-hetero) is 5. The van der Waals surface area contributed by atoms with Crippen molar-refractivity contribution in [3.05, 3.63) is 63.2 Å². The van der Waals surface area contributed by atoms with E-state index in [1.54, 1.807) is 20.8 Å². The minimum Gasteiger partial charge on any atom is -0.507 e. The topological polar surface area (TPSA) is 126 Å². The first-order valence-corrected chi connectivity index (χ1v) is 16.1. The van der Waals surface area contributed by atoms with E-state index in [1.165, 1.54) is 11.1 Å². The molecule has 3 unspecified atom stereocenters. The highest BCUT2D eigenvalue weighted by atomic mass is 16.3. The van der Waals surface area contributed by atoms with E-state index in [2.05, 4.69) is 32.0 Å². The number of aliphatic hydroxyl groups is 1. The van der Waals surface area contributed by atoms with Gasteiger partial charge in [-0.1, -0.05) is 65.8 Å². The van der Waals surface area contributed by atoms with Gasteiger partial charge in [0.15, 0.2) is 28.7 Å². The molecule has 5 rings (SSSR count). The number of carbonyl (C=O) groups is 5. The molecule has 6 atom stereocenters. The van der Waals surface area contributed by atoms with Gasteiger partial charge in [-0.2, -0.15) is 0 Å². The summed E-state index contributed by atoms with van der Waals surface area (Å²) in [5.41, 5.74) is 0.509. The number of aromatic hydroxyl groups is 1. The van der Waals surface area contributed by atoms with Gasteiger partial charge in [-0.15, -0.1) is 0 Å². The van der Waals surface area contributed by atoms with Crippen molar-refractivity contribution in [3.63, 3.8) is 0 Å². The van der Waals surface area contributed by atoms with Gasteiger partial charge in [0.25, 0.3) is 0 Å². The SMILES string of the molecule is CC(=O)C1C(=O)C(C(C)C)[C@@]2(C)C[C@@]3(C)Cc4c(C(C)C)cc(CCc5ccc(C)c(C)c5)c(O)c4C(=O)C3C(=O)[C@@]2(O)C1=O. The zero-order valence-corrected chi connectivity index (χ0v) is 28.0. The van der Waals surface area contributed by atoms with Gasteiger partial charge in [-0.05, 0) is 97.1 Å². The van der Waals surface area contributed by atoms with Crippen LogP contribution in [0.1, 0.15) is 105 Å². The van der Waals surface area contributed by atoms with Crippen LogP contribution in [0.15, 0.2) is 24.3 Å². The minimum atomic E-state index is -2.69. The third-order valence-electron chi connectivity index (χ3n) is 11.4. The monoisotopic (exact) mass is 614 g/mol. The standard InChI is InChI=1S/C38H46O7/c1-18(2)25-15-24(13-12-23-11-10-20(5)21(6)14-23)31(40)28-26(25)16-36(8)17-37(9)29(19(3)4)32(41)27(22(7)39)34(43)38(37,45)35(44)30(36)33(28)42/h10-11,14-15,18-19,27,29-30,40,45H,12-13,16-17H2,1-9H3/t27?,29?,30?,36-,37-,38+/m1/s1. The Bertz CT molecular complexity index is 1660. The highest BCUT2D eigenvalue weighted by molar-refractivity contribution is 6.32. The number of fused-ring (bicyclic) bond motifs is 3. The molecule has 3 aliphatic carbocycles. The Kier molecular flexibility index (Phi) is 7.92. The van der Waals surface area contributed by atoms with Crippen molar-refractivity contribution in [1.29, 1.82) is 0 Å². The zero-order valence-electron chi connectivity index (χ0n) is 28.0. The number of phenols is 1. The van der Waals surface area contributed by atoms with E-state index in [0.717, 1.165) is 18.1 Å². The smallest absolute Gasteiger partial charge is 0.190 e. The van der Waals surface area contributed by atoms with E-state index in [4.69, 9.17) is 0 Å². The second-order valence-electron chi connectivity index (χ2n) is 15.2. The Morgan fingerprint density at radius 2 is 1.60 bits per heavy atom. The number of rotatable bonds is 6. The minimum absolute atomic E-state index is 0.0112. The number of phenolic OH excluding ortho intramolecular Hbond substituents is 1. The molecule has 45 heavy (non-hydrogen) atoms. The maximum Gasteiger partial charge on any atom is 0.190 e. The molecule has 2 fully saturated rings. The molecule has 2 aromatic carbocycles. The van der Waals surface area contributed by atoms with Gasteiger partial charge in [0, 0.05) is 11.3 Å². The van der Waals surface area contributed by atoms with E-state index in [0.29, 0.717) is 24.0 Å². The molecular formula is C38H46O7. The van der Waals surface area contributed by atoms with Crippen molar-refractivity contribution in [1.82, 2.24) is 0 Å². The number of carbonyl (C=O) groups excluding carboxylic acids is 5. The summed E-state index contributed by atoms with van der Waals surface area (Å²) in [7, 11) is 0. The van der Waals surface area contributed by atoms with E-state index < -0.39 is 63.1 Å². The Morgan fingerprint density at radius 1 is 0.956 bits per heavy atom. The summed E-state index contributed by atoms with van der Waals surface area (Å²) in [5, 5.41) is 23.9. The molecule has 2 saturated carbocycles. The molecule has 0 heterocycles. The number of hydrogen-bond acceptors (Lipinski definition) is 7. The van der Waals surface area contributed by atoms with Crippen molar-refractivity contribution in [2.75, 3.05) is 0 Å². The average molecular weight is 615 g/mol. The largest absolute Gasteiger partial charge is 0.507 e. The molecule has 0 aromatic heterocycles. The molecule has 0 amide bonds. The molecule has 240 valence electrons. The van der Waals surface area contributed by atoms with Crippen LogP contribution in [0.2, 0.25) is 0 Å². The fourth-order valence-electron chi connectivity index (χ4n) is 9.23. The lowest BCUT2D eigenvalue weighted by Gasteiger charge is -2.62. The molecule has 0 aliphatic heterocycles. The van der Waals surface area contributed by atoms with Crippen LogP contribution in [0.5, 0.6) is 5.75 Å². The molecule has 0 radical (unpaired) electrons. The Hall–Kier alpha value is -3.45. The van der Waals surface area contributed by atoms with E-state index in [-0.39, 0.29) is 36.0 Å². The molecule has 0 bridgehead atoms. The first-order valence-electron chi connectivity index (χ1n) is 16.1. The molecule has 7 nitrogen and oxygen atoms in total. The lowest BCUT2D eigenvalue weighted by molar-refractivity contribution is -0.205. The Labute approximate surface area is 265 Å². The quantitative estimate of drug-likeness (QED) is 0.405. The van der Waals surface area contributed by atoms with Crippen LogP contribution in [0.4, 0.5) is 0 Å². The fraction of sp³-hybridized carbons (Fsp3) is 0.553. The lowest BCUT2D eigenvalue weighted by atomic mass is 9.39. The van der Waals surface area contributed by atoms with Crippen LogP contribution >= 0.6 is 0 Å². The van der Waals surface area contributed by atoms with E-state index in [9.17, 15) is 34.2 Å².